The number of nitrogens with one attached hydrogen (secondary N) is 1. The Balaban J connectivity index is 1.07. The number of allylic oxidation sites excluding steroid dienone is 4. The number of likely N-dealkylation sites (tertiary alicyclic amines) is 1. The van der Waals surface area contributed by atoms with Crippen molar-refractivity contribution < 1.29 is 0 Å². The van der Waals surface area contributed by atoms with Crippen LogP contribution >= 0.6 is 0 Å². The minimum Gasteiger partial charge on any atom is -0.375 e. The molecule has 2 unspecified atom stereocenters. The number of fused-ring (bicyclic) bond motifs is 3. The van der Waals surface area contributed by atoms with Crippen LogP contribution in [0.5, 0.6) is 0 Å². The van der Waals surface area contributed by atoms with Crippen LogP contribution in [-0.2, 0) is 6.54 Å². The van der Waals surface area contributed by atoms with Crippen molar-refractivity contribution >= 4 is 0 Å². The molecule has 132 valence electrons. The summed E-state index contributed by atoms with van der Waals surface area (Å²) in [6, 6.07) is 8.75. The molecule has 1 N–H and O–H groups in total. The largest absolute Gasteiger partial charge is 0.375 e. The van der Waals surface area contributed by atoms with Crippen LogP contribution < -0.4 is 5.32 Å². The molecule has 1 spiro atoms. The summed E-state index contributed by atoms with van der Waals surface area (Å²) in [5.41, 5.74) is 5.21. The third kappa shape index (κ3) is 2.66. The molecular formula is C23H30N2. The first-order valence-electron chi connectivity index (χ1n) is 10.2. The van der Waals surface area contributed by atoms with Gasteiger partial charge in [-0.05, 0) is 79.5 Å². The average Bonchev–Trinajstić information content (AvgIpc) is 3.55. The Hall–Kier alpha value is -1.54. The van der Waals surface area contributed by atoms with Gasteiger partial charge in [-0.1, -0.05) is 36.4 Å². The molecule has 0 bridgehead atoms. The Morgan fingerprint density at radius 2 is 1.96 bits per heavy atom. The van der Waals surface area contributed by atoms with Crippen LogP contribution in [0.25, 0.3) is 0 Å². The van der Waals surface area contributed by atoms with Crippen molar-refractivity contribution in [2.45, 2.75) is 39.2 Å². The van der Waals surface area contributed by atoms with Gasteiger partial charge in [-0.15, -0.1) is 0 Å². The molecule has 3 fully saturated rings. The van der Waals surface area contributed by atoms with Crippen molar-refractivity contribution in [2.24, 2.45) is 23.2 Å². The predicted molar refractivity (Wildman–Crippen MR) is 103 cm³/mol. The maximum Gasteiger partial charge on any atom is 0.0208 e. The zero-order valence-corrected chi connectivity index (χ0v) is 15.4. The fourth-order valence-electron chi connectivity index (χ4n) is 5.83. The molecule has 1 heterocycles. The molecule has 1 saturated heterocycles. The molecule has 0 aromatic heterocycles. The quantitative estimate of drug-likeness (QED) is 0.865. The SMILES string of the molecule is Cc1ccccc1CNCC1C2C1C21CCN(C2=CC=CCC2)CC1. The third-order valence-corrected chi connectivity index (χ3v) is 7.44. The van der Waals surface area contributed by atoms with E-state index < -0.39 is 0 Å². The van der Waals surface area contributed by atoms with Crippen LogP contribution in [0.3, 0.4) is 0 Å². The standard InChI is InChI=1S/C23H30N2/c1-17-7-5-6-8-18(17)15-24-16-20-21-22(20)23(21)11-13-25(14-12-23)19-9-3-2-4-10-19/h2-3,5-9,20-22,24H,4,10-16H2,1H3. The summed E-state index contributed by atoms with van der Waals surface area (Å²) in [7, 11) is 0. The van der Waals surface area contributed by atoms with Crippen molar-refractivity contribution in [1.29, 1.82) is 0 Å². The first kappa shape index (κ1) is 15.7. The second-order valence-electron chi connectivity index (χ2n) is 8.62. The highest BCUT2D eigenvalue weighted by Crippen LogP contribution is 2.84. The maximum atomic E-state index is 3.72. The van der Waals surface area contributed by atoms with Gasteiger partial charge in [0, 0.05) is 25.3 Å². The second-order valence-corrected chi connectivity index (χ2v) is 8.62. The number of rotatable bonds is 5. The first-order valence-corrected chi connectivity index (χ1v) is 10.2. The van der Waals surface area contributed by atoms with E-state index in [0.29, 0.717) is 0 Å². The Morgan fingerprint density at radius 3 is 2.68 bits per heavy atom. The fraction of sp³-hybridized carbons (Fsp3) is 0.565. The zero-order valence-electron chi connectivity index (χ0n) is 15.4. The van der Waals surface area contributed by atoms with Gasteiger partial charge in [0.1, 0.15) is 0 Å². The smallest absolute Gasteiger partial charge is 0.0208 e. The lowest BCUT2D eigenvalue weighted by atomic mass is 9.79. The minimum atomic E-state index is 0.760. The highest BCUT2D eigenvalue weighted by molar-refractivity contribution is 5.31. The summed E-state index contributed by atoms with van der Waals surface area (Å²) in [4.78, 5) is 2.66. The molecule has 5 rings (SSSR count). The number of aryl methyl sites for hydroxylation is 1. The van der Waals surface area contributed by atoms with Crippen LogP contribution in [0.15, 0.2) is 48.2 Å². The zero-order chi connectivity index (χ0) is 16.9. The van der Waals surface area contributed by atoms with Crippen molar-refractivity contribution in [1.82, 2.24) is 10.2 Å². The van der Waals surface area contributed by atoms with Gasteiger partial charge in [-0.2, -0.15) is 0 Å². The van der Waals surface area contributed by atoms with Gasteiger partial charge in [0.2, 0.25) is 0 Å². The molecule has 0 radical (unpaired) electrons. The summed E-state index contributed by atoms with van der Waals surface area (Å²) in [6.07, 6.45) is 12.2. The average molecular weight is 335 g/mol. The molecule has 1 aromatic rings. The van der Waals surface area contributed by atoms with E-state index in [1.165, 1.54) is 56.4 Å². The molecule has 2 heteroatoms. The van der Waals surface area contributed by atoms with Gasteiger partial charge in [-0.3, -0.25) is 0 Å². The molecule has 0 amide bonds. The predicted octanol–water partition coefficient (Wildman–Crippen LogP) is 4.28. The molecule has 1 aliphatic heterocycles. The second kappa shape index (κ2) is 6.02. The van der Waals surface area contributed by atoms with Crippen LogP contribution in [0.4, 0.5) is 0 Å². The summed E-state index contributed by atoms with van der Waals surface area (Å²) in [6.45, 7) is 7.08. The van der Waals surface area contributed by atoms with Gasteiger partial charge in [0.15, 0.2) is 0 Å². The summed E-state index contributed by atoms with van der Waals surface area (Å²) < 4.78 is 0. The first-order chi connectivity index (χ1) is 12.3. The number of hydrogen-bond acceptors (Lipinski definition) is 2. The fourth-order valence-corrected chi connectivity index (χ4v) is 5.83. The van der Waals surface area contributed by atoms with E-state index in [0.717, 1.165) is 29.7 Å². The molecule has 25 heavy (non-hydrogen) atoms. The third-order valence-electron chi connectivity index (χ3n) is 7.44. The Morgan fingerprint density at radius 1 is 1.16 bits per heavy atom. The Bertz CT molecular complexity index is 697. The highest BCUT2D eigenvalue weighted by Gasteiger charge is 2.81. The van der Waals surface area contributed by atoms with Gasteiger partial charge in [-0.25, -0.2) is 0 Å². The van der Waals surface area contributed by atoms with E-state index in [1.54, 1.807) is 5.70 Å². The van der Waals surface area contributed by atoms with E-state index >= 15 is 0 Å². The van der Waals surface area contributed by atoms with Gasteiger partial charge < -0.3 is 10.2 Å². The lowest BCUT2D eigenvalue weighted by Gasteiger charge is -2.40. The topological polar surface area (TPSA) is 15.3 Å². The highest BCUT2D eigenvalue weighted by atomic mass is 15.2. The van der Waals surface area contributed by atoms with Crippen LogP contribution in [0.2, 0.25) is 0 Å². The van der Waals surface area contributed by atoms with Gasteiger partial charge in [0.05, 0.1) is 0 Å². The monoisotopic (exact) mass is 334 g/mol. The van der Waals surface area contributed by atoms with Gasteiger partial charge >= 0.3 is 0 Å². The molecule has 4 aliphatic rings. The normalized spacial score (nSPS) is 31.6. The van der Waals surface area contributed by atoms with Crippen LogP contribution in [-0.4, -0.2) is 24.5 Å². The van der Waals surface area contributed by atoms with Gasteiger partial charge in [0.25, 0.3) is 0 Å². The molecule has 2 saturated carbocycles. The van der Waals surface area contributed by atoms with Crippen molar-refractivity contribution in [3.8, 4) is 0 Å². The minimum absolute atomic E-state index is 0.760. The van der Waals surface area contributed by atoms with Crippen molar-refractivity contribution in [3.05, 3.63) is 59.3 Å². The number of nitrogens with zero attached hydrogens (tertiary/aromatic N) is 1. The van der Waals surface area contributed by atoms with E-state index in [4.69, 9.17) is 0 Å². The molecule has 2 nitrogen and oxygen atoms in total. The Labute approximate surface area is 152 Å². The summed E-state index contributed by atoms with van der Waals surface area (Å²) in [5, 5.41) is 3.72. The van der Waals surface area contributed by atoms with Crippen molar-refractivity contribution in [2.75, 3.05) is 19.6 Å². The molecule has 1 aromatic carbocycles. The lowest BCUT2D eigenvalue weighted by Crippen LogP contribution is -2.39. The number of benzene rings is 1. The lowest BCUT2D eigenvalue weighted by molar-refractivity contribution is 0.141. The Kier molecular flexibility index (Phi) is 3.78. The number of piperidine rings is 1. The van der Waals surface area contributed by atoms with E-state index in [1.807, 2.05) is 0 Å². The summed E-state index contributed by atoms with van der Waals surface area (Å²) >= 11 is 0. The summed E-state index contributed by atoms with van der Waals surface area (Å²) in [5.74, 6) is 3.09. The molecular weight excluding hydrogens is 304 g/mol. The van der Waals surface area contributed by atoms with E-state index in [2.05, 4.69) is 59.6 Å². The van der Waals surface area contributed by atoms with E-state index in [9.17, 15) is 0 Å². The van der Waals surface area contributed by atoms with Crippen molar-refractivity contribution in [3.63, 3.8) is 0 Å². The van der Waals surface area contributed by atoms with E-state index in [-0.39, 0.29) is 0 Å². The molecule has 2 atom stereocenters. The number of hydrogen-bond donors (Lipinski definition) is 1. The van der Waals surface area contributed by atoms with Crippen LogP contribution in [0.1, 0.15) is 36.8 Å². The maximum absolute atomic E-state index is 3.72. The molecule has 3 aliphatic carbocycles. The van der Waals surface area contributed by atoms with Crippen LogP contribution in [0, 0.1) is 30.1 Å².